The van der Waals surface area contributed by atoms with Gasteiger partial charge in [0.2, 0.25) is 0 Å². The van der Waals surface area contributed by atoms with Crippen LogP contribution in [0.3, 0.4) is 0 Å². The predicted molar refractivity (Wildman–Crippen MR) is 123 cm³/mol. The van der Waals surface area contributed by atoms with E-state index in [1.807, 2.05) is 24.1 Å². The molecule has 3 fully saturated rings. The molecule has 0 aromatic rings. The lowest BCUT2D eigenvalue weighted by Gasteiger charge is -2.58. The first-order valence-electron chi connectivity index (χ1n) is 11.8. The molecule has 6 unspecified atom stereocenters. The van der Waals surface area contributed by atoms with E-state index in [-0.39, 0.29) is 0 Å². The highest BCUT2D eigenvalue weighted by molar-refractivity contribution is 5.96. The van der Waals surface area contributed by atoms with Gasteiger partial charge >= 0.3 is 0 Å². The molecule has 0 amide bonds. The first kappa shape index (κ1) is 20.9. The number of hydrazone groups is 2. The van der Waals surface area contributed by atoms with Gasteiger partial charge in [0.25, 0.3) is 0 Å². The van der Waals surface area contributed by atoms with Gasteiger partial charge in [-0.2, -0.15) is 10.2 Å². The molecule has 0 spiro atoms. The monoisotopic (exact) mass is 398 g/mol. The van der Waals surface area contributed by atoms with Crippen molar-refractivity contribution in [2.45, 2.75) is 72.1 Å². The Balaban J connectivity index is 1.59. The smallest absolute Gasteiger partial charge is 0.0605 e. The molecule has 4 rings (SSSR count). The third kappa shape index (κ3) is 3.45. The minimum atomic E-state index is 0.403. The van der Waals surface area contributed by atoms with Gasteiger partial charge < -0.3 is 10.0 Å². The van der Waals surface area contributed by atoms with Crippen LogP contribution in [-0.2, 0) is 0 Å². The lowest BCUT2D eigenvalue weighted by Crippen LogP contribution is -2.51. The van der Waals surface area contributed by atoms with Gasteiger partial charge in [-0.15, -0.1) is 0 Å². The quantitative estimate of drug-likeness (QED) is 0.469. The van der Waals surface area contributed by atoms with E-state index in [1.54, 1.807) is 5.57 Å². The number of nitrogens with zero attached hydrogens (tertiary/aromatic N) is 4. The van der Waals surface area contributed by atoms with E-state index in [2.05, 4.69) is 40.9 Å². The molecule has 29 heavy (non-hydrogen) atoms. The predicted octanol–water partition coefficient (Wildman–Crippen LogP) is 5.42. The lowest BCUT2D eigenvalue weighted by atomic mass is 9.46. The van der Waals surface area contributed by atoms with Crippen LogP contribution in [-0.4, -0.2) is 49.6 Å². The van der Waals surface area contributed by atoms with Crippen LogP contribution >= 0.6 is 0 Å². The van der Waals surface area contributed by atoms with Crippen LogP contribution in [0.1, 0.15) is 72.1 Å². The van der Waals surface area contributed by atoms with Crippen LogP contribution in [0.5, 0.6) is 0 Å². The van der Waals surface area contributed by atoms with Gasteiger partial charge in [0, 0.05) is 39.8 Å². The largest absolute Gasteiger partial charge is 0.303 e. The molecule has 3 saturated carbocycles. The van der Waals surface area contributed by atoms with Crippen molar-refractivity contribution in [3.63, 3.8) is 0 Å². The zero-order valence-electron chi connectivity index (χ0n) is 19.8. The average molecular weight is 399 g/mol. The lowest BCUT2D eigenvalue weighted by molar-refractivity contribution is -0.0408. The van der Waals surface area contributed by atoms with Crippen molar-refractivity contribution in [1.82, 2.24) is 10.0 Å². The Bertz CT molecular complexity index is 733. The van der Waals surface area contributed by atoms with Crippen LogP contribution in [0.2, 0.25) is 0 Å². The van der Waals surface area contributed by atoms with Gasteiger partial charge in [-0.05, 0) is 93.0 Å². The first-order chi connectivity index (χ1) is 13.6. The first-order valence-corrected chi connectivity index (χ1v) is 11.8. The van der Waals surface area contributed by atoms with Gasteiger partial charge in [0.1, 0.15) is 0 Å². The van der Waals surface area contributed by atoms with E-state index >= 15 is 0 Å². The zero-order valence-corrected chi connectivity index (χ0v) is 19.8. The van der Waals surface area contributed by atoms with E-state index < -0.39 is 0 Å². The molecule has 0 saturated heterocycles. The van der Waals surface area contributed by atoms with Gasteiger partial charge in [0.05, 0.1) is 5.71 Å². The number of fused-ring (bicyclic) bond motifs is 5. The maximum Gasteiger partial charge on any atom is 0.0605 e. The summed E-state index contributed by atoms with van der Waals surface area (Å²) in [5.41, 5.74) is 5.21. The Morgan fingerprint density at radius 2 is 1.69 bits per heavy atom. The molecule has 0 heterocycles. The fourth-order valence-corrected chi connectivity index (χ4v) is 7.98. The summed E-state index contributed by atoms with van der Waals surface area (Å²) in [6.07, 6.45) is 13.1. The van der Waals surface area contributed by atoms with Gasteiger partial charge in [-0.25, -0.2) is 0 Å². The minimum absolute atomic E-state index is 0.403. The summed E-state index contributed by atoms with van der Waals surface area (Å²) in [5, 5.41) is 13.5. The molecule has 4 aliphatic carbocycles. The van der Waals surface area contributed by atoms with E-state index in [1.165, 1.54) is 56.4 Å². The Labute approximate surface area is 178 Å². The summed E-state index contributed by atoms with van der Waals surface area (Å²) in [7, 11) is 8.19. The highest BCUT2D eigenvalue weighted by atomic mass is 15.4. The molecule has 162 valence electrons. The highest BCUT2D eigenvalue weighted by Gasteiger charge is 2.59. The van der Waals surface area contributed by atoms with Crippen molar-refractivity contribution in [2.75, 3.05) is 28.2 Å². The number of hydrogen-bond acceptors (Lipinski definition) is 4. The molecule has 0 aromatic carbocycles. The molecular formula is C25H42N4. The fraction of sp³-hybridized carbons (Fsp3) is 0.840. The minimum Gasteiger partial charge on any atom is -0.303 e. The summed E-state index contributed by atoms with van der Waals surface area (Å²) in [6.45, 7) is 7.48. The topological polar surface area (TPSA) is 31.2 Å². The summed E-state index contributed by atoms with van der Waals surface area (Å²) < 4.78 is 0. The Morgan fingerprint density at radius 1 is 0.931 bits per heavy atom. The standard InChI is InChI=1S/C25H42N4/c1-17(26-28(4)5)21-10-11-22-20-9-8-18-16-19(27-29(6)7)12-14-24(18,2)23(20)13-15-25(21,22)3/h16,20-23H,8-15H2,1-7H3/b26-17+,27-19+. The van der Waals surface area contributed by atoms with Crippen molar-refractivity contribution in [2.24, 2.45) is 44.7 Å². The molecule has 0 bridgehead atoms. The second-order valence-corrected chi connectivity index (χ2v) is 11.2. The zero-order chi connectivity index (χ0) is 21.0. The second kappa shape index (κ2) is 7.42. The molecule has 6 atom stereocenters. The third-order valence-corrected chi connectivity index (χ3v) is 9.17. The molecular weight excluding hydrogens is 356 g/mol. The number of allylic oxidation sites excluding steroid dienone is 2. The SMILES string of the molecule is C/C(=N\N(C)C)C1CCC2C3CCC4=C/C(=N/N(C)C)CCC4(C)C3CCC12C. The normalized spacial score (nSPS) is 43.3. The Hall–Kier alpha value is -1.32. The second-order valence-electron chi connectivity index (χ2n) is 11.2. The van der Waals surface area contributed by atoms with E-state index in [9.17, 15) is 0 Å². The molecule has 4 nitrogen and oxygen atoms in total. The van der Waals surface area contributed by atoms with Crippen LogP contribution in [0.25, 0.3) is 0 Å². The molecule has 0 N–H and O–H groups in total. The summed E-state index contributed by atoms with van der Waals surface area (Å²) in [5.74, 6) is 3.33. The van der Waals surface area contributed by atoms with Crippen molar-refractivity contribution in [1.29, 1.82) is 0 Å². The van der Waals surface area contributed by atoms with Crippen molar-refractivity contribution in [3.8, 4) is 0 Å². The maximum atomic E-state index is 4.83. The van der Waals surface area contributed by atoms with Crippen molar-refractivity contribution in [3.05, 3.63) is 11.6 Å². The molecule has 4 heteroatoms. The van der Waals surface area contributed by atoms with Crippen LogP contribution in [0, 0.1) is 34.5 Å². The highest BCUT2D eigenvalue weighted by Crippen LogP contribution is 2.66. The average Bonchev–Trinajstić information content (AvgIpc) is 2.98. The van der Waals surface area contributed by atoms with E-state index in [0.29, 0.717) is 16.7 Å². The van der Waals surface area contributed by atoms with Crippen molar-refractivity contribution >= 4 is 11.4 Å². The Morgan fingerprint density at radius 3 is 2.38 bits per heavy atom. The van der Waals surface area contributed by atoms with E-state index in [4.69, 9.17) is 10.2 Å². The summed E-state index contributed by atoms with van der Waals surface area (Å²) in [6, 6.07) is 0. The van der Waals surface area contributed by atoms with Gasteiger partial charge in [-0.1, -0.05) is 19.4 Å². The van der Waals surface area contributed by atoms with E-state index in [0.717, 1.165) is 24.2 Å². The molecule has 0 aliphatic heterocycles. The van der Waals surface area contributed by atoms with Crippen molar-refractivity contribution < 1.29 is 0 Å². The molecule has 4 aliphatic rings. The maximum absolute atomic E-state index is 4.83. The summed E-state index contributed by atoms with van der Waals surface area (Å²) in [4.78, 5) is 0. The van der Waals surface area contributed by atoms with Crippen LogP contribution in [0.4, 0.5) is 0 Å². The van der Waals surface area contributed by atoms with Gasteiger partial charge in [0.15, 0.2) is 0 Å². The fourth-order valence-electron chi connectivity index (χ4n) is 7.98. The van der Waals surface area contributed by atoms with Crippen LogP contribution in [0.15, 0.2) is 21.9 Å². The van der Waals surface area contributed by atoms with Crippen LogP contribution < -0.4 is 0 Å². The summed E-state index contributed by atoms with van der Waals surface area (Å²) >= 11 is 0. The molecule has 0 aromatic heterocycles. The third-order valence-electron chi connectivity index (χ3n) is 9.17. The number of hydrogen-bond donors (Lipinski definition) is 0. The van der Waals surface area contributed by atoms with Gasteiger partial charge in [-0.3, -0.25) is 0 Å². The molecule has 0 radical (unpaired) electrons. The number of rotatable bonds is 3. The Kier molecular flexibility index (Phi) is 5.36.